The highest BCUT2D eigenvalue weighted by Gasteiger charge is 2.29. The molecule has 0 saturated heterocycles. The molecular formula is C20H24ClN3O2. The number of benzene rings is 2. The summed E-state index contributed by atoms with van der Waals surface area (Å²) < 4.78 is 0. The van der Waals surface area contributed by atoms with Crippen LogP contribution >= 0.6 is 12.4 Å². The molecule has 0 bridgehead atoms. The van der Waals surface area contributed by atoms with Gasteiger partial charge in [-0.3, -0.25) is 9.59 Å². The molecule has 0 heterocycles. The van der Waals surface area contributed by atoms with E-state index in [0.717, 1.165) is 29.7 Å². The Hall–Kier alpha value is -2.37. The van der Waals surface area contributed by atoms with Crippen LogP contribution in [-0.2, 0) is 9.59 Å². The number of rotatable bonds is 6. The normalized spacial score (nSPS) is 15.3. The summed E-state index contributed by atoms with van der Waals surface area (Å²) in [6, 6.07) is 15.9. The van der Waals surface area contributed by atoms with E-state index in [9.17, 15) is 9.59 Å². The van der Waals surface area contributed by atoms with Gasteiger partial charge in [0.05, 0.1) is 6.04 Å². The van der Waals surface area contributed by atoms with Gasteiger partial charge in [-0.1, -0.05) is 42.5 Å². The quantitative estimate of drug-likeness (QED) is 0.726. The molecule has 6 heteroatoms. The van der Waals surface area contributed by atoms with Crippen LogP contribution in [0.3, 0.4) is 0 Å². The molecule has 1 fully saturated rings. The van der Waals surface area contributed by atoms with Gasteiger partial charge in [0.2, 0.25) is 11.8 Å². The van der Waals surface area contributed by atoms with Crippen LogP contribution in [0, 0.1) is 5.92 Å². The Balaban J connectivity index is 0.00000243. The summed E-state index contributed by atoms with van der Waals surface area (Å²) in [6.45, 7) is 1.91. The van der Waals surface area contributed by atoms with Crippen LogP contribution < -0.4 is 16.4 Å². The van der Waals surface area contributed by atoms with Gasteiger partial charge >= 0.3 is 0 Å². The smallest absolute Gasteiger partial charge is 0.241 e. The van der Waals surface area contributed by atoms with Gasteiger partial charge in [0, 0.05) is 11.6 Å². The van der Waals surface area contributed by atoms with Crippen molar-refractivity contribution in [1.82, 2.24) is 5.32 Å². The van der Waals surface area contributed by atoms with Crippen molar-refractivity contribution in [1.29, 1.82) is 0 Å². The van der Waals surface area contributed by atoms with Crippen molar-refractivity contribution in [3.05, 3.63) is 65.7 Å². The second kappa shape index (κ2) is 8.83. The van der Waals surface area contributed by atoms with E-state index in [1.165, 1.54) is 0 Å². The molecule has 2 unspecified atom stereocenters. The highest BCUT2D eigenvalue weighted by atomic mass is 35.5. The number of hydrogen-bond donors (Lipinski definition) is 3. The highest BCUT2D eigenvalue weighted by molar-refractivity contribution is 5.94. The van der Waals surface area contributed by atoms with Crippen molar-refractivity contribution in [2.45, 2.75) is 31.8 Å². The zero-order chi connectivity index (χ0) is 17.8. The van der Waals surface area contributed by atoms with Gasteiger partial charge in [-0.2, -0.15) is 0 Å². The number of carbonyl (C=O) groups excluding carboxylic acids is 2. The molecular weight excluding hydrogens is 350 g/mol. The molecule has 2 atom stereocenters. The molecule has 0 spiro atoms. The number of halogens is 1. The second-order valence-electron chi connectivity index (χ2n) is 6.50. The van der Waals surface area contributed by atoms with Crippen LogP contribution in [0.1, 0.15) is 43.0 Å². The van der Waals surface area contributed by atoms with Crippen molar-refractivity contribution in [2.75, 3.05) is 5.32 Å². The van der Waals surface area contributed by atoms with Gasteiger partial charge in [-0.25, -0.2) is 0 Å². The third-order valence-corrected chi connectivity index (χ3v) is 4.43. The predicted octanol–water partition coefficient (Wildman–Crippen LogP) is 3.33. The van der Waals surface area contributed by atoms with Crippen molar-refractivity contribution < 1.29 is 9.59 Å². The highest BCUT2D eigenvalue weighted by Crippen LogP contribution is 2.30. The first-order valence-corrected chi connectivity index (χ1v) is 8.56. The number of amides is 2. The molecule has 138 valence electrons. The van der Waals surface area contributed by atoms with E-state index >= 15 is 0 Å². The fourth-order valence-corrected chi connectivity index (χ4v) is 2.64. The minimum absolute atomic E-state index is 0. The minimum atomic E-state index is -0.694. The number of nitrogens with one attached hydrogen (secondary N) is 2. The lowest BCUT2D eigenvalue weighted by atomic mass is 10.0. The van der Waals surface area contributed by atoms with Crippen LogP contribution in [0.5, 0.6) is 0 Å². The molecule has 2 amide bonds. The standard InChI is InChI=1S/C20H23N3O2.ClH/c1-13(22-20(25)18(21)15-5-3-2-4-6-15)14-9-11-17(12-10-14)23-19(24)16-7-8-16;/h2-6,9-13,16,18H,7-8,21H2,1H3,(H,22,25)(H,23,24);1H. The van der Waals surface area contributed by atoms with Crippen molar-refractivity contribution in [3.8, 4) is 0 Å². The van der Waals surface area contributed by atoms with Gasteiger partial charge in [-0.05, 0) is 43.0 Å². The lowest BCUT2D eigenvalue weighted by Crippen LogP contribution is -2.35. The van der Waals surface area contributed by atoms with Crippen molar-refractivity contribution in [3.63, 3.8) is 0 Å². The maximum absolute atomic E-state index is 12.3. The van der Waals surface area contributed by atoms with Crippen molar-refractivity contribution in [2.24, 2.45) is 11.7 Å². The average molecular weight is 374 g/mol. The van der Waals surface area contributed by atoms with E-state index < -0.39 is 6.04 Å². The minimum Gasteiger partial charge on any atom is -0.348 e. The van der Waals surface area contributed by atoms with Gasteiger partial charge in [0.15, 0.2) is 0 Å². The molecule has 2 aromatic rings. The Labute approximate surface area is 159 Å². The number of anilines is 1. The first kappa shape index (κ1) is 19.9. The third kappa shape index (κ3) is 5.07. The van der Waals surface area contributed by atoms with Crippen LogP contribution in [0.25, 0.3) is 0 Å². The van der Waals surface area contributed by atoms with Gasteiger partial charge in [-0.15, -0.1) is 12.4 Å². The lowest BCUT2D eigenvalue weighted by molar-refractivity contribution is -0.123. The van der Waals surface area contributed by atoms with E-state index in [1.807, 2.05) is 61.5 Å². The van der Waals surface area contributed by atoms with Crippen LogP contribution in [-0.4, -0.2) is 11.8 Å². The Morgan fingerprint density at radius 2 is 1.62 bits per heavy atom. The predicted molar refractivity (Wildman–Crippen MR) is 105 cm³/mol. The third-order valence-electron chi connectivity index (χ3n) is 4.43. The average Bonchev–Trinajstić information content (AvgIpc) is 3.47. The summed E-state index contributed by atoms with van der Waals surface area (Å²) >= 11 is 0. The Kier molecular flexibility index (Phi) is 6.77. The fraction of sp³-hybridized carbons (Fsp3) is 0.300. The first-order valence-electron chi connectivity index (χ1n) is 8.56. The maximum atomic E-state index is 12.3. The summed E-state index contributed by atoms with van der Waals surface area (Å²) in [5.41, 5.74) is 8.54. The molecule has 1 aliphatic rings. The van der Waals surface area contributed by atoms with E-state index in [1.54, 1.807) is 0 Å². The molecule has 4 N–H and O–H groups in total. The molecule has 0 radical (unpaired) electrons. The lowest BCUT2D eigenvalue weighted by Gasteiger charge is -2.18. The Bertz CT molecular complexity index is 745. The summed E-state index contributed by atoms with van der Waals surface area (Å²) in [5.74, 6) is 0.0464. The van der Waals surface area contributed by atoms with Gasteiger partial charge in [0.1, 0.15) is 6.04 Å². The van der Waals surface area contributed by atoms with Crippen LogP contribution in [0.4, 0.5) is 5.69 Å². The zero-order valence-corrected chi connectivity index (χ0v) is 15.5. The second-order valence-corrected chi connectivity index (χ2v) is 6.50. The molecule has 1 saturated carbocycles. The number of hydrogen-bond acceptors (Lipinski definition) is 3. The molecule has 1 aliphatic carbocycles. The van der Waals surface area contributed by atoms with Gasteiger partial charge in [0.25, 0.3) is 0 Å². The summed E-state index contributed by atoms with van der Waals surface area (Å²) in [6.07, 6.45) is 1.96. The number of carbonyl (C=O) groups is 2. The monoisotopic (exact) mass is 373 g/mol. The summed E-state index contributed by atoms with van der Waals surface area (Å²) in [5, 5.41) is 5.84. The number of nitrogens with two attached hydrogens (primary N) is 1. The van der Waals surface area contributed by atoms with Crippen LogP contribution in [0.2, 0.25) is 0 Å². The largest absolute Gasteiger partial charge is 0.348 e. The summed E-state index contributed by atoms with van der Waals surface area (Å²) in [7, 11) is 0. The molecule has 0 aliphatic heterocycles. The van der Waals surface area contributed by atoms with E-state index in [-0.39, 0.29) is 36.2 Å². The molecule has 2 aromatic carbocycles. The Morgan fingerprint density at radius 1 is 1.00 bits per heavy atom. The van der Waals surface area contributed by atoms with E-state index in [4.69, 9.17) is 5.73 Å². The van der Waals surface area contributed by atoms with Gasteiger partial charge < -0.3 is 16.4 Å². The van der Waals surface area contributed by atoms with E-state index in [0.29, 0.717) is 0 Å². The SMILES string of the molecule is CC(NC(=O)C(N)c1ccccc1)c1ccc(NC(=O)C2CC2)cc1.Cl. The zero-order valence-electron chi connectivity index (χ0n) is 14.6. The molecule has 5 nitrogen and oxygen atoms in total. The molecule has 26 heavy (non-hydrogen) atoms. The molecule has 3 rings (SSSR count). The molecule has 0 aromatic heterocycles. The topological polar surface area (TPSA) is 84.2 Å². The van der Waals surface area contributed by atoms with Crippen LogP contribution in [0.15, 0.2) is 54.6 Å². The fourth-order valence-electron chi connectivity index (χ4n) is 2.64. The maximum Gasteiger partial charge on any atom is 0.241 e. The van der Waals surface area contributed by atoms with E-state index in [2.05, 4.69) is 10.6 Å². The Morgan fingerprint density at radius 3 is 2.19 bits per heavy atom. The summed E-state index contributed by atoms with van der Waals surface area (Å²) in [4.78, 5) is 24.1. The first-order chi connectivity index (χ1) is 12.0. The van der Waals surface area contributed by atoms with Crippen molar-refractivity contribution >= 4 is 29.9 Å².